The molecule has 0 saturated carbocycles. The van der Waals surface area contributed by atoms with Crippen molar-refractivity contribution >= 4 is 15.9 Å². The van der Waals surface area contributed by atoms with Crippen LogP contribution in [0.25, 0.3) is 0 Å². The minimum atomic E-state index is -0.298. The first kappa shape index (κ1) is 14.9. The minimum absolute atomic E-state index is 0.298. The van der Waals surface area contributed by atoms with Crippen LogP contribution < -0.4 is 10.1 Å². The molecule has 5 nitrogen and oxygen atoms in total. The number of aromatic nitrogens is 3. The van der Waals surface area contributed by atoms with Gasteiger partial charge in [-0.1, -0.05) is 12.1 Å². The van der Waals surface area contributed by atoms with Gasteiger partial charge in [-0.2, -0.15) is 0 Å². The highest BCUT2D eigenvalue weighted by Crippen LogP contribution is 2.25. The molecule has 1 N–H and O–H groups in total. The number of halogens is 2. The maximum atomic E-state index is 12.9. The van der Waals surface area contributed by atoms with Gasteiger partial charge in [0, 0.05) is 12.7 Å². The van der Waals surface area contributed by atoms with Crippen molar-refractivity contribution in [3.05, 3.63) is 40.4 Å². The van der Waals surface area contributed by atoms with E-state index in [1.807, 2.05) is 13.1 Å². The van der Waals surface area contributed by atoms with E-state index in [0.717, 1.165) is 12.2 Å². The average Bonchev–Trinajstić information content (AvgIpc) is 2.87. The van der Waals surface area contributed by atoms with Crippen LogP contribution in [0.2, 0.25) is 0 Å². The van der Waals surface area contributed by atoms with Gasteiger partial charge in [0.2, 0.25) is 0 Å². The summed E-state index contributed by atoms with van der Waals surface area (Å²) in [7, 11) is 0. The number of benzene rings is 1. The molecule has 20 heavy (non-hydrogen) atoms. The lowest BCUT2D eigenvalue weighted by molar-refractivity contribution is 0.287. The number of nitrogens with zero attached hydrogens (tertiary/aromatic N) is 3. The molecule has 1 heterocycles. The highest BCUT2D eigenvalue weighted by molar-refractivity contribution is 9.10. The van der Waals surface area contributed by atoms with Crippen LogP contribution >= 0.6 is 15.9 Å². The summed E-state index contributed by atoms with van der Waals surface area (Å²) in [6.45, 7) is 4.67. The Morgan fingerprint density at radius 3 is 3.05 bits per heavy atom. The second-order valence-electron chi connectivity index (χ2n) is 4.18. The van der Waals surface area contributed by atoms with Crippen LogP contribution in [0.3, 0.4) is 0 Å². The number of rotatable bonds is 7. The lowest BCUT2D eigenvalue weighted by atomic mass is 10.3. The third-order valence-corrected chi connectivity index (χ3v) is 3.23. The van der Waals surface area contributed by atoms with Crippen molar-refractivity contribution in [1.82, 2.24) is 20.3 Å². The summed E-state index contributed by atoms with van der Waals surface area (Å²) in [5, 5.41) is 11.2. The zero-order chi connectivity index (χ0) is 14.4. The van der Waals surface area contributed by atoms with E-state index in [9.17, 15) is 4.39 Å². The van der Waals surface area contributed by atoms with Crippen molar-refractivity contribution in [2.75, 3.05) is 13.2 Å². The Kier molecular flexibility index (Phi) is 5.49. The van der Waals surface area contributed by atoms with E-state index in [1.54, 1.807) is 10.7 Å². The van der Waals surface area contributed by atoms with Gasteiger partial charge in [-0.3, -0.25) is 0 Å². The smallest absolute Gasteiger partial charge is 0.133 e. The normalized spacial score (nSPS) is 10.8. The van der Waals surface area contributed by atoms with Crippen molar-refractivity contribution in [1.29, 1.82) is 0 Å². The summed E-state index contributed by atoms with van der Waals surface area (Å²) >= 11 is 3.26. The predicted molar refractivity (Wildman–Crippen MR) is 77.0 cm³/mol. The number of nitrogens with one attached hydrogen (secondary N) is 1. The molecule has 0 fully saturated rings. The second-order valence-corrected chi connectivity index (χ2v) is 5.03. The first-order chi connectivity index (χ1) is 9.69. The van der Waals surface area contributed by atoms with E-state index in [-0.39, 0.29) is 5.82 Å². The molecule has 0 unspecified atom stereocenters. The Bertz CT molecular complexity index is 561. The summed E-state index contributed by atoms with van der Waals surface area (Å²) in [4.78, 5) is 0. The van der Waals surface area contributed by atoms with Crippen LogP contribution in [-0.2, 0) is 13.1 Å². The zero-order valence-electron chi connectivity index (χ0n) is 11.1. The molecule has 0 radical (unpaired) electrons. The van der Waals surface area contributed by atoms with Crippen molar-refractivity contribution < 1.29 is 9.13 Å². The Balaban J connectivity index is 1.82. The number of hydrogen-bond donors (Lipinski definition) is 1. The van der Waals surface area contributed by atoms with Crippen LogP contribution in [0.15, 0.2) is 28.9 Å². The molecular weight excluding hydrogens is 327 g/mol. The molecular formula is C13H16BrFN4O. The van der Waals surface area contributed by atoms with E-state index in [2.05, 4.69) is 31.6 Å². The molecule has 0 aliphatic heterocycles. The molecule has 2 rings (SSSR count). The second kappa shape index (κ2) is 7.35. The molecule has 1 aromatic heterocycles. The Morgan fingerprint density at radius 1 is 1.45 bits per heavy atom. The largest absolute Gasteiger partial charge is 0.490 e. The minimum Gasteiger partial charge on any atom is -0.490 e. The SMILES string of the molecule is CCNCc1cn(CCOc2ccc(F)cc2Br)nn1. The molecule has 0 bridgehead atoms. The van der Waals surface area contributed by atoms with Gasteiger partial charge in [-0.15, -0.1) is 5.10 Å². The van der Waals surface area contributed by atoms with Crippen molar-refractivity contribution in [3.63, 3.8) is 0 Å². The summed E-state index contributed by atoms with van der Waals surface area (Å²) in [6.07, 6.45) is 1.88. The van der Waals surface area contributed by atoms with Crippen LogP contribution in [0.1, 0.15) is 12.6 Å². The van der Waals surface area contributed by atoms with Crippen LogP contribution in [0, 0.1) is 5.82 Å². The predicted octanol–water partition coefficient (Wildman–Crippen LogP) is 2.37. The highest BCUT2D eigenvalue weighted by Gasteiger charge is 2.04. The molecule has 0 atom stereocenters. The van der Waals surface area contributed by atoms with Gasteiger partial charge in [-0.05, 0) is 40.7 Å². The highest BCUT2D eigenvalue weighted by atomic mass is 79.9. The summed E-state index contributed by atoms with van der Waals surface area (Å²) in [6, 6.07) is 4.33. The van der Waals surface area contributed by atoms with E-state index in [0.29, 0.717) is 29.9 Å². The van der Waals surface area contributed by atoms with Crippen LogP contribution in [0.5, 0.6) is 5.75 Å². The molecule has 1 aromatic carbocycles. The van der Waals surface area contributed by atoms with Gasteiger partial charge in [-0.25, -0.2) is 9.07 Å². The van der Waals surface area contributed by atoms with E-state index >= 15 is 0 Å². The summed E-state index contributed by atoms with van der Waals surface area (Å²) < 4.78 is 20.8. The monoisotopic (exact) mass is 342 g/mol. The Hall–Kier alpha value is -1.47. The Labute approximate surface area is 125 Å². The number of ether oxygens (including phenoxy) is 1. The standard InChI is InChI=1S/C13H16BrFN4O/c1-2-16-8-11-9-19(18-17-11)5-6-20-13-4-3-10(15)7-12(13)14/h3-4,7,9,16H,2,5-6,8H2,1H3. The first-order valence-corrected chi connectivity index (χ1v) is 7.16. The fraction of sp³-hybridized carbons (Fsp3) is 0.385. The van der Waals surface area contributed by atoms with Crippen molar-refractivity contribution in [3.8, 4) is 5.75 Å². The molecule has 0 saturated heterocycles. The molecule has 108 valence electrons. The first-order valence-electron chi connectivity index (χ1n) is 6.36. The molecule has 0 aliphatic rings. The average molecular weight is 343 g/mol. The lowest BCUT2D eigenvalue weighted by Crippen LogP contribution is -2.12. The van der Waals surface area contributed by atoms with Gasteiger partial charge < -0.3 is 10.1 Å². The van der Waals surface area contributed by atoms with Gasteiger partial charge >= 0.3 is 0 Å². The molecule has 2 aromatic rings. The van der Waals surface area contributed by atoms with Gasteiger partial charge in [0.25, 0.3) is 0 Å². The molecule has 0 amide bonds. The number of hydrogen-bond acceptors (Lipinski definition) is 4. The van der Waals surface area contributed by atoms with E-state index in [1.165, 1.54) is 12.1 Å². The van der Waals surface area contributed by atoms with Crippen molar-refractivity contribution in [2.45, 2.75) is 20.0 Å². The van der Waals surface area contributed by atoms with Crippen LogP contribution in [-0.4, -0.2) is 28.1 Å². The van der Waals surface area contributed by atoms with Gasteiger partial charge in [0.05, 0.1) is 16.7 Å². The summed E-state index contributed by atoms with van der Waals surface area (Å²) in [5.74, 6) is 0.313. The molecule has 0 aliphatic carbocycles. The topological polar surface area (TPSA) is 52.0 Å². The van der Waals surface area contributed by atoms with Crippen LogP contribution in [0.4, 0.5) is 4.39 Å². The lowest BCUT2D eigenvalue weighted by Gasteiger charge is -2.07. The van der Waals surface area contributed by atoms with Gasteiger partial charge in [0.1, 0.15) is 18.2 Å². The third-order valence-electron chi connectivity index (χ3n) is 2.61. The van der Waals surface area contributed by atoms with E-state index < -0.39 is 0 Å². The zero-order valence-corrected chi connectivity index (χ0v) is 12.7. The van der Waals surface area contributed by atoms with Gasteiger partial charge in [0.15, 0.2) is 0 Å². The Morgan fingerprint density at radius 2 is 2.30 bits per heavy atom. The molecule has 7 heteroatoms. The maximum absolute atomic E-state index is 12.9. The van der Waals surface area contributed by atoms with Crippen molar-refractivity contribution in [2.24, 2.45) is 0 Å². The van der Waals surface area contributed by atoms with E-state index in [4.69, 9.17) is 4.74 Å². The third kappa shape index (κ3) is 4.28. The fourth-order valence-corrected chi connectivity index (χ4v) is 2.09. The molecule has 0 spiro atoms. The quantitative estimate of drug-likeness (QED) is 0.839. The summed E-state index contributed by atoms with van der Waals surface area (Å²) in [5.41, 5.74) is 0.898. The maximum Gasteiger partial charge on any atom is 0.133 e. The fourth-order valence-electron chi connectivity index (χ4n) is 1.62.